The second-order valence-corrected chi connectivity index (χ2v) is 10.2. The molecule has 134 valence electrons. The van der Waals surface area contributed by atoms with E-state index in [1.54, 1.807) is 6.92 Å². The summed E-state index contributed by atoms with van der Waals surface area (Å²) in [5.74, 6) is -1.40. The van der Waals surface area contributed by atoms with Gasteiger partial charge in [0.2, 0.25) is 0 Å². The van der Waals surface area contributed by atoms with Crippen LogP contribution in [0.15, 0.2) is 29.2 Å². The van der Waals surface area contributed by atoms with Crippen molar-refractivity contribution in [3.8, 4) is 0 Å². The molecule has 0 spiro atoms. The molecule has 1 aliphatic rings. The minimum atomic E-state index is -3.89. The van der Waals surface area contributed by atoms with E-state index in [9.17, 15) is 21.6 Å². The number of rotatable bonds is 6. The molecule has 1 aromatic carbocycles. The monoisotopic (exact) mass is 395 g/mol. The normalized spacial score (nSPS) is 23.1. The number of carbonyl (C=O) groups excluding carboxylic acids is 1. The number of carbonyl (C=O) groups is 1. The molecule has 1 heterocycles. The Kier molecular flexibility index (Phi) is 5.90. The van der Waals surface area contributed by atoms with E-state index < -0.39 is 42.7 Å². The predicted octanol–water partition coefficient (Wildman–Crippen LogP) is 0.432. The maximum absolute atomic E-state index is 12.8. The van der Waals surface area contributed by atoms with Gasteiger partial charge in [-0.3, -0.25) is 4.79 Å². The highest BCUT2D eigenvalue weighted by molar-refractivity contribution is 7.96. The highest BCUT2D eigenvalue weighted by atomic mass is 35.5. The third kappa shape index (κ3) is 4.47. The fourth-order valence-corrected chi connectivity index (χ4v) is 7.38. The molecular weight excluding hydrogens is 378 g/mol. The summed E-state index contributed by atoms with van der Waals surface area (Å²) in [5.41, 5.74) is 0. The summed E-state index contributed by atoms with van der Waals surface area (Å²) in [6.45, 7) is 1.59. The molecule has 1 N–H and O–H groups in total. The van der Waals surface area contributed by atoms with Crippen molar-refractivity contribution in [2.75, 3.05) is 24.7 Å². The van der Waals surface area contributed by atoms with Gasteiger partial charge in [0.05, 0.1) is 34.8 Å². The van der Waals surface area contributed by atoms with Crippen molar-refractivity contribution in [2.24, 2.45) is 0 Å². The summed E-state index contributed by atoms with van der Waals surface area (Å²) in [5, 5.41) is 1.91. The van der Waals surface area contributed by atoms with Gasteiger partial charge in [0.15, 0.2) is 19.7 Å². The fourth-order valence-electron chi connectivity index (χ4n) is 2.54. The molecule has 0 unspecified atom stereocenters. The highest BCUT2D eigenvalue weighted by Gasteiger charge is 2.45. The van der Waals surface area contributed by atoms with Crippen LogP contribution in [0.25, 0.3) is 0 Å². The summed E-state index contributed by atoms with van der Waals surface area (Å²) < 4.78 is 54.1. The van der Waals surface area contributed by atoms with Crippen molar-refractivity contribution in [3.63, 3.8) is 0 Å². The minimum Gasteiger partial charge on any atom is -0.465 e. The predicted molar refractivity (Wildman–Crippen MR) is 89.5 cm³/mol. The zero-order chi connectivity index (χ0) is 18.0. The van der Waals surface area contributed by atoms with Crippen molar-refractivity contribution in [2.45, 2.75) is 23.1 Å². The van der Waals surface area contributed by atoms with Gasteiger partial charge in [0.25, 0.3) is 0 Å². The Hall–Kier alpha value is -1.16. The lowest BCUT2D eigenvalue weighted by Gasteiger charge is -2.19. The number of esters is 1. The fraction of sp³-hybridized carbons (Fsp3) is 0.500. The number of hydrogen-bond donors (Lipinski definition) is 1. The first kappa shape index (κ1) is 19.2. The number of sulfone groups is 2. The second kappa shape index (κ2) is 7.38. The van der Waals surface area contributed by atoms with Gasteiger partial charge in [-0.2, -0.15) is 0 Å². The number of nitrogens with one attached hydrogen (secondary N) is 1. The van der Waals surface area contributed by atoms with Gasteiger partial charge in [-0.1, -0.05) is 11.6 Å². The molecule has 0 radical (unpaired) electrons. The zero-order valence-electron chi connectivity index (χ0n) is 12.9. The van der Waals surface area contributed by atoms with Crippen molar-refractivity contribution in [1.29, 1.82) is 0 Å². The largest absolute Gasteiger partial charge is 0.465 e. The number of hydrogen-bond acceptors (Lipinski definition) is 7. The summed E-state index contributed by atoms with van der Waals surface area (Å²) in [7, 11) is -7.41. The number of benzene rings is 1. The van der Waals surface area contributed by atoms with Gasteiger partial charge in [0, 0.05) is 11.1 Å². The van der Waals surface area contributed by atoms with E-state index in [2.05, 4.69) is 5.32 Å². The van der Waals surface area contributed by atoms with Crippen LogP contribution in [-0.4, -0.2) is 58.8 Å². The third-order valence-electron chi connectivity index (χ3n) is 3.66. The van der Waals surface area contributed by atoms with Crippen LogP contribution in [0.1, 0.15) is 6.92 Å². The Labute approximate surface area is 146 Å². The topological polar surface area (TPSA) is 107 Å². The van der Waals surface area contributed by atoms with Crippen LogP contribution < -0.4 is 5.32 Å². The van der Waals surface area contributed by atoms with Crippen LogP contribution in [0.4, 0.5) is 0 Å². The first-order valence-electron chi connectivity index (χ1n) is 7.24. The molecule has 0 aliphatic carbocycles. The van der Waals surface area contributed by atoms with Crippen molar-refractivity contribution in [3.05, 3.63) is 29.3 Å². The third-order valence-corrected chi connectivity index (χ3v) is 8.07. The summed E-state index contributed by atoms with van der Waals surface area (Å²) >= 11 is 5.76. The van der Waals surface area contributed by atoms with Gasteiger partial charge in [-0.15, -0.1) is 0 Å². The Morgan fingerprint density at radius 3 is 2.50 bits per heavy atom. The first-order valence-corrected chi connectivity index (χ1v) is 11.0. The van der Waals surface area contributed by atoms with Gasteiger partial charge in [0.1, 0.15) is 0 Å². The van der Waals surface area contributed by atoms with E-state index in [0.717, 1.165) is 0 Å². The molecule has 10 heteroatoms. The lowest BCUT2D eigenvalue weighted by molar-refractivity contribution is -0.142. The molecule has 0 amide bonds. The lowest BCUT2D eigenvalue weighted by atomic mass is 10.2. The zero-order valence-corrected chi connectivity index (χ0v) is 15.3. The average Bonchev–Trinajstić information content (AvgIpc) is 2.82. The maximum atomic E-state index is 12.8. The Balaban J connectivity index is 2.24. The van der Waals surface area contributed by atoms with Crippen molar-refractivity contribution < 1.29 is 26.4 Å². The maximum Gasteiger partial charge on any atom is 0.319 e. The number of halogens is 1. The molecule has 1 fully saturated rings. The second-order valence-electron chi connectivity index (χ2n) is 5.41. The van der Waals surface area contributed by atoms with Crippen LogP contribution in [-0.2, 0) is 29.2 Å². The van der Waals surface area contributed by atoms with Crippen LogP contribution in [0.5, 0.6) is 0 Å². The van der Waals surface area contributed by atoms with Crippen LogP contribution in [0, 0.1) is 0 Å². The van der Waals surface area contributed by atoms with E-state index in [-0.39, 0.29) is 23.8 Å². The van der Waals surface area contributed by atoms with E-state index in [0.29, 0.717) is 5.02 Å². The molecule has 2 atom stereocenters. The van der Waals surface area contributed by atoms with E-state index in [1.165, 1.54) is 24.3 Å². The molecule has 1 aromatic rings. The average molecular weight is 396 g/mol. The van der Waals surface area contributed by atoms with Crippen LogP contribution in [0.2, 0.25) is 5.02 Å². The molecule has 2 rings (SSSR count). The molecule has 24 heavy (non-hydrogen) atoms. The molecule has 0 aromatic heterocycles. The highest BCUT2D eigenvalue weighted by Crippen LogP contribution is 2.26. The molecular formula is C14H18ClNO6S2. The van der Waals surface area contributed by atoms with Gasteiger partial charge in [-0.05, 0) is 31.2 Å². The molecule has 1 aliphatic heterocycles. The van der Waals surface area contributed by atoms with E-state index in [4.69, 9.17) is 16.3 Å². The van der Waals surface area contributed by atoms with Crippen molar-refractivity contribution >= 4 is 37.2 Å². The minimum absolute atomic E-state index is 0.00284. The SMILES string of the molecule is CCOC(=O)CN[C@H]1CS(=O)(=O)C[C@@H]1S(=O)(=O)c1ccc(Cl)cc1. The smallest absolute Gasteiger partial charge is 0.319 e. The van der Waals surface area contributed by atoms with Gasteiger partial charge >= 0.3 is 5.97 Å². The van der Waals surface area contributed by atoms with Crippen molar-refractivity contribution in [1.82, 2.24) is 5.32 Å². The lowest BCUT2D eigenvalue weighted by Crippen LogP contribution is -2.45. The number of ether oxygens (including phenoxy) is 1. The summed E-state index contributed by atoms with van der Waals surface area (Å²) in [6.07, 6.45) is 0. The Morgan fingerprint density at radius 2 is 1.92 bits per heavy atom. The van der Waals surface area contributed by atoms with E-state index in [1.807, 2.05) is 0 Å². The van der Waals surface area contributed by atoms with Crippen LogP contribution in [0.3, 0.4) is 0 Å². The molecule has 1 saturated heterocycles. The standard InChI is InChI=1S/C14H18ClNO6S2/c1-2-22-14(17)7-16-12-8-23(18,19)9-13(12)24(20,21)11-5-3-10(15)4-6-11/h3-6,12-13,16H,2,7-9H2,1H3/t12-,13-/m0/s1. The van der Waals surface area contributed by atoms with Crippen LogP contribution >= 0.6 is 11.6 Å². The van der Waals surface area contributed by atoms with Gasteiger partial charge in [-0.25, -0.2) is 16.8 Å². The summed E-state index contributed by atoms with van der Waals surface area (Å²) in [4.78, 5) is 11.4. The summed E-state index contributed by atoms with van der Waals surface area (Å²) in [6, 6.07) is 4.66. The Bertz CT molecular complexity index is 804. The first-order chi connectivity index (χ1) is 11.2. The molecule has 0 saturated carbocycles. The Morgan fingerprint density at radius 1 is 1.29 bits per heavy atom. The molecule has 0 bridgehead atoms. The van der Waals surface area contributed by atoms with Gasteiger partial charge < -0.3 is 10.1 Å². The van der Waals surface area contributed by atoms with E-state index >= 15 is 0 Å². The quantitative estimate of drug-likeness (QED) is 0.696. The molecule has 7 nitrogen and oxygen atoms in total.